The molecule has 1 fully saturated rings. The van der Waals surface area contributed by atoms with Gasteiger partial charge in [0.1, 0.15) is 11.9 Å². The Kier molecular flexibility index (Phi) is 4.36. The van der Waals surface area contributed by atoms with Crippen molar-refractivity contribution in [3.8, 4) is 5.75 Å². The summed E-state index contributed by atoms with van der Waals surface area (Å²) < 4.78 is 11.0. The van der Waals surface area contributed by atoms with Crippen molar-refractivity contribution >= 4 is 5.91 Å². The Hall–Kier alpha value is -1.59. The van der Waals surface area contributed by atoms with E-state index in [1.165, 1.54) is 0 Å². The minimum Gasteiger partial charge on any atom is -0.490 e. The highest BCUT2D eigenvalue weighted by molar-refractivity contribution is 5.94. The predicted octanol–water partition coefficient (Wildman–Crippen LogP) is 1.53. The first kappa shape index (κ1) is 15.3. The molecule has 3 rings (SSSR count). The number of carbonyl (C=O) groups is 1. The lowest BCUT2D eigenvalue weighted by atomic mass is 9.81. The van der Waals surface area contributed by atoms with Crippen molar-refractivity contribution in [3.05, 3.63) is 29.3 Å². The molecule has 0 unspecified atom stereocenters. The number of aliphatic hydroxyl groups is 1. The Morgan fingerprint density at radius 3 is 2.91 bits per heavy atom. The molecule has 0 bridgehead atoms. The van der Waals surface area contributed by atoms with Gasteiger partial charge in [0.2, 0.25) is 0 Å². The first-order chi connectivity index (χ1) is 10.6. The summed E-state index contributed by atoms with van der Waals surface area (Å²) in [5, 5.41) is 12.6. The van der Waals surface area contributed by atoms with Gasteiger partial charge in [0, 0.05) is 37.2 Å². The van der Waals surface area contributed by atoms with Crippen molar-refractivity contribution in [1.29, 1.82) is 0 Å². The summed E-state index contributed by atoms with van der Waals surface area (Å²) in [5.41, 5.74) is 1.49. The van der Waals surface area contributed by atoms with Crippen LogP contribution in [0.5, 0.6) is 5.75 Å². The van der Waals surface area contributed by atoms with Gasteiger partial charge in [0.15, 0.2) is 0 Å². The summed E-state index contributed by atoms with van der Waals surface area (Å²) in [6.07, 6.45) is 2.57. The average molecular weight is 305 g/mol. The highest BCUT2D eigenvalue weighted by atomic mass is 16.5. The van der Waals surface area contributed by atoms with Gasteiger partial charge in [0.25, 0.3) is 5.91 Å². The van der Waals surface area contributed by atoms with E-state index in [4.69, 9.17) is 9.47 Å². The molecular weight excluding hydrogens is 282 g/mol. The van der Waals surface area contributed by atoms with Crippen molar-refractivity contribution < 1.29 is 19.4 Å². The van der Waals surface area contributed by atoms with Crippen LogP contribution in [0.3, 0.4) is 0 Å². The number of fused-ring (bicyclic) bond motifs is 1. The molecule has 2 N–H and O–H groups in total. The highest BCUT2D eigenvalue weighted by Gasteiger charge is 2.32. The van der Waals surface area contributed by atoms with E-state index in [1.807, 2.05) is 19.1 Å². The maximum atomic E-state index is 12.4. The zero-order chi connectivity index (χ0) is 15.6. The normalized spacial score (nSPS) is 22.7. The van der Waals surface area contributed by atoms with E-state index in [9.17, 15) is 9.90 Å². The van der Waals surface area contributed by atoms with Crippen LogP contribution < -0.4 is 10.1 Å². The summed E-state index contributed by atoms with van der Waals surface area (Å²) >= 11 is 0. The van der Waals surface area contributed by atoms with Gasteiger partial charge in [-0.25, -0.2) is 0 Å². The number of benzene rings is 1. The van der Waals surface area contributed by atoms with Crippen molar-refractivity contribution in [2.24, 2.45) is 5.41 Å². The lowest BCUT2D eigenvalue weighted by Crippen LogP contribution is -2.43. The quantitative estimate of drug-likeness (QED) is 0.885. The van der Waals surface area contributed by atoms with Crippen LogP contribution in [0, 0.1) is 5.41 Å². The Morgan fingerprint density at radius 1 is 1.41 bits per heavy atom. The van der Waals surface area contributed by atoms with Crippen LogP contribution in [-0.2, 0) is 11.2 Å². The Bertz CT molecular complexity index is 552. The molecule has 0 aromatic heterocycles. The fraction of sp³-hybridized carbons (Fsp3) is 0.588. The number of aliphatic hydroxyl groups excluding tert-OH is 1. The van der Waals surface area contributed by atoms with Gasteiger partial charge < -0.3 is 19.9 Å². The van der Waals surface area contributed by atoms with Gasteiger partial charge in [-0.15, -0.1) is 0 Å². The van der Waals surface area contributed by atoms with Gasteiger partial charge in [0.05, 0.1) is 6.61 Å². The second-order valence-electron chi connectivity index (χ2n) is 6.41. The molecule has 1 aromatic carbocycles. The SMILES string of the molecule is C[C@H]1Cc2cc(C(=O)NCC3(CO)CCOCC3)ccc2O1. The van der Waals surface area contributed by atoms with E-state index in [0.29, 0.717) is 25.3 Å². The third-order valence-corrected chi connectivity index (χ3v) is 4.67. The van der Waals surface area contributed by atoms with E-state index in [0.717, 1.165) is 30.6 Å². The third kappa shape index (κ3) is 3.10. The summed E-state index contributed by atoms with van der Waals surface area (Å²) in [4.78, 5) is 12.4. The first-order valence-electron chi connectivity index (χ1n) is 7.88. The lowest BCUT2D eigenvalue weighted by Gasteiger charge is -2.35. The average Bonchev–Trinajstić information content (AvgIpc) is 2.92. The summed E-state index contributed by atoms with van der Waals surface area (Å²) in [5.74, 6) is 0.780. The van der Waals surface area contributed by atoms with E-state index in [2.05, 4.69) is 5.32 Å². The molecule has 2 heterocycles. The topological polar surface area (TPSA) is 67.8 Å². The molecule has 5 heteroatoms. The molecule has 1 amide bonds. The molecule has 0 spiro atoms. The fourth-order valence-corrected chi connectivity index (χ4v) is 3.13. The number of amides is 1. The molecule has 0 saturated carbocycles. The van der Waals surface area contributed by atoms with Crippen molar-refractivity contribution in [2.75, 3.05) is 26.4 Å². The minimum absolute atomic E-state index is 0.0756. The van der Waals surface area contributed by atoms with Crippen LogP contribution in [0.25, 0.3) is 0 Å². The second-order valence-corrected chi connectivity index (χ2v) is 6.41. The molecule has 1 atom stereocenters. The zero-order valence-corrected chi connectivity index (χ0v) is 12.9. The maximum Gasteiger partial charge on any atom is 0.251 e. The Labute approximate surface area is 130 Å². The molecule has 1 saturated heterocycles. The molecule has 2 aliphatic heterocycles. The Morgan fingerprint density at radius 2 is 2.18 bits per heavy atom. The van der Waals surface area contributed by atoms with E-state index in [1.54, 1.807) is 6.07 Å². The lowest BCUT2D eigenvalue weighted by molar-refractivity contribution is -0.0146. The van der Waals surface area contributed by atoms with Crippen molar-refractivity contribution in [2.45, 2.75) is 32.3 Å². The minimum atomic E-state index is -0.248. The van der Waals surface area contributed by atoms with Crippen LogP contribution in [-0.4, -0.2) is 43.5 Å². The van der Waals surface area contributed by atoms with Gasteiger partial charge in [-0.1, -0.05) is 0 Å². The molecule has 22 heavy (non-hydrogen) atoms. The monoisotopic (exact) mass is 305 g/mol. The number of hydrogen-bond donors (Lipinski definition) is 2. The highest BCUT2D eigenvalue weighted by Crippen LogP contribution is 2.30. The number of ether oxygens (including phenoxy) is 2. The molecule has 2 aliphatic rings. The molecule has 1 aromatic rings. The number of rotatable bonds is 4. The van der Waals surface area contributed by atoms with Crippen molar-refractivity contribution in [3.63, 3.8) is 0 Å². The van der Waals surface area contributed by atoms with Crippen LogP contribution in [0.4, 0.5) is 0 Å². The fourth-order valence-electron chi connectivity index (χ4n) is 3.13. The summed E-state index contributed by atoms with van der Waals surface area (Å²) in [7, 11) is 0. The van der Waals surface area contributed by atoms with Gasteiger partial charge in [-0.3, -0.25) is 4.79 Å². The maximum absolute atomic E-state index is 12.4. The molecule has 0 aliphatic carbocycles. The van der Waals surface area contributed by atoms with E-state index in [-0.39, 0.29) is 24.0 Å². The van der Waals surface area contributed by atoms with Crippen LogP contribution in [0.2, 0.25) is 0 Å². The second kappa shape index (κ2) is 6.26. The standard InChI is InChI=1S/C17H23NO4/c1-12-8-14-9-13(2-3-15(14)22-12)16(20)18-10-17(11-19)4-6-21-7-5-17/h2-3,9,12,19H,4-8,10-11H2,1H3,(H,18,20)/t12-/m0/s1. The smallest absolute Gasteiger partial charge is 0.251 e. The van der Waals surface area contributed by atoms with E-state index >= 15 is 0 Å². The van der Waals surface area contributed by atoms with Gasteiger partial charge in [-0.05, 0) is 43.5 Å². The summed E-state index contributed by atoms with van der Waals surface area (Å²) in [6, 6.07) is 5.57. The number of hydrogen-bond acceptors (Lipinski definition) is 4. The van der Waals surface area contributed by atoms with E-state index < -0.39 is 0 Å². The molecule has 0 radical (unpaired) electrons. The number of carbonyl (C=O) groups excluding carboxylic acids is 1. The number of nitrogens with one attached hydrogen (secondary N) is 1. The molecule has 120 valence electrons. The Balaban J connectivity index is 1.64. The third-order valence-electron chi connectivity index (χ3n) is 4.67. The first-order valence-corrected chi connectivity index (χ1v) is 7.88. The zero-order valence-electron chi connectivity index (χ0n) is 12.9. The van der Waals surface area contributed by atoms with Crippen LogP contribution in [0.15, 0.2) is 18.2 Å². The predicted molar refractivity (Wildman–Crippen MR) is 82.1 cm³/mol. The van der Waals surface area contributed by atoms with Gasteiger partial charge in [-0.2, -0.15) is 0 Å². The van der Waals surface area contributed by atoms with Crippen LogP contribution >= 0.6 is 0 Å². The summed E-state index contributed by atoms with van der Waals surface area (Å²) in [6.45, 7) is 3.87. The molecule has 5 nitrogen and oxygen atoms in total. The van der Waals surface area contributed by atoms with Crippen LogP contribution in [0.1, 0.15) is 35.7 Å². The van der Waals surface area contributed by atoms with Crippen molar-refractivity contribution in [1.82, 2.24) is 5.32 Å². The molecular formula is C17H23NO4. The van der Waals surface area contributed by atoms with Gasteiger partial charge >= 0.3 is 0 Å². The largest absolute Gasteiger partial charge is 0.490 e.